The molecule has 1 aromatic carbocycles. The summed E-state index contributed by atoms with van der Waals surface area (Å²) < 4.78 is 1.44. The molecule has 2 unspecified atom stereocenters. The number of hydrogen-bond acceptors (Lipinski definition) is 9. The molecule has 0 radical (unpaired) electrons. The second-order valence-electron chi connectivity index (χ2n) is 7.43. The van der Waals surface area contributed by atoms with Gasteiger partial charge < -0.3 is 20.4 Å². The van der Waals surface area contributed by atoms with Crippen LogP contribution >= 0.6 is 23.5 Å². The van der Waals surface area contributed by atoms with Crippen LogP contribution in [0.3, 0.4) is 0 Å². The Morgan fingerprint density at radius 1 is 1.28 bits per heavy atom. The van der Waals surface area contributed by atoms with Crippen molar-refractivity contribution in [2.75, 3.05) is 18.1 Å². The predicted octanol–water partition coefficient (Wildman–Crippen LogP) is -0.215. The number of amides is 2. The minimum atomic E-state index is -1.24. The fourth-order valence-corrected chi connectivity index (χ4v) is 6.25. The summed E-state index contributed by atoms with van der Waals surface area (Å²) in [5, 5.41) is 32.9. The van der Waals surface area contributed by atoms with Gasteiger partial charge in [0, 0.05) is 25.1 Å². The van der Waals surface area contributed by atoms with Crippen LogP contribution in [0.4, 0.5) is 0 Å². The molecule has 4 rings (SSSR count). The molecule has 0 spiro atoms. The van der Waals surface area contributed by atoms with E-state index in [2.05, 4.69) is 20.8 Å². The van der Waals surface area contributed by atoms with Crippen molar-refractivity contribution in [1.82, 2.24) is 30.4 Å². The highest BCUT2D eigenvalue weighted by atomic mass is 32.2. The normalized spacial score (nSPS) is 24.4. The Hall–Kier alpha value is -3.13. The Morgan fingerprint density at radius 2 is 2.00 bits per heavy atom. The van der Waals surface area contributed by atoms with Crippen LogP contribution in [0.1, 0.15) is 20.7 Å². The third-order valence-corrected chi connectivity index (χ3v) is 8.23. The average Bonchev–Trinajstić information content (AvgIpc) is 3.20. The number of β-lactam (4-membered cyclic amide) rings is 1. The number of carbonyl (C=O) groups is 4. The number of benzene rings is 1. The first kappa shape index (κ1) is 22.1. The van der Waals surface area contributed by atoms with Crippen LogP contribution in [0.15, 0.2) is 29.4 Å². The number of aromatic carboxylic acids is 1. The molecule has 0 saturated carbocycles. The molecule has 1 aromatic heterocycles. The Balaban J connectivity index is 1.44. The first-order chi connectivity index (χ1) is 15.2. The number of tetrazole rings is 1. The third-order valence-electron chi connectivity index (χ3n) is 5.35. The van der Waals surface area contributed by atoms with Crippen molar-refractivity contribution < 1.29 is 29.4 Å². The van der Waals surface area contributed by atoms with Crippen LogP contribution in [0.2, 0.25) is 0 Å². The molecule has 2 aromatic rings. The number of aliphatic carboxylic acids is 1. The Morgan fingerprint density at radius 3 is 2.62 bits per heavy atom. The number of carbonyl (C=O) groups excluding carboxylic acids is 2. The van der Waals surface area contributed by atoms with Crippen molar-refractivity contribution in [1.29, 1.82) is 0 Å². The predicted molar refractivity (Wildman–Crippen MR) is 112 cm³/mol. The standard InChI is InChI=1S/C18H18N6O6S2/c1-23-17(20-21-22-23)32-8-18(16(29)30)6-24-13(26)11(14(24)31-7-18)19-12(25)9-4-2-3-5-10(9)15(27)28/h2-5,11,14H,6-8H2,1H3,(H,19,25)(H,27,28)(H,29,30)/t11?,14-,18?/m1/s1. The molecule has 3 atom stereocenters. The van der Waals surface area contributed by atoms with Gasteiger partial charge in [0.2, 0.25) is 11.1 Å². The summed E-state index contributed by atoms with van der Waals surface area (Å²) in [5.74, 6) is -2.94. The van der Waals surface area contributed by atoms with Crippen LogP contribution < -0.4 is 5.32 Å². The van der Waals surface area contributed by atoms with Gasteiger partial charge in [-0.3, -0.25) is 14.4 Å². The summed E-state index contributed by atoms with van der Waals surface area (Å²) in [5.41, 5.74) is -1.40. The van der Waals surface area contributed by atoms with E-state index in [-0.39, 0.29) is 29.2 Å². The van der Waals surface area contributed by atoms with Gasteiger partial charge in [-0.05, 0) is 22.6 Å². The first-order valence-corrected chi connectivity index (χ1v) is 11.4. The van der Waals surface area contributed by atoms with E-state index >= 15 is 0 Å². The van der Waals surface area contributed by atoms with Crippen LogP contribution in [0, 0.1) is 5.41 Å². The lowest BCUT2D eigenvalue weighted by Gasteiger charge is -2.53. The smallest absolute Gasteiger partial charge is 0.336 e. The molecule has 32 heavy (non-hydrogen) atoms. The van der Waals surface area contributed by atoms with Gasteiger partial charge >= 0.3 is 11.9 Å². The molecule has 3 N–H and O–H groups in total. The van der Waals surface area contributed by atoms with E-state index in [1.54, 1.807) is 7.05 Å². The molecule has 12 nitrogen and oxygen atoms in total. The minimum Gasteiger partial charge on any atom is -0.481 e. The number of carboxylic acids is 2. The van der Waals surface area contributed by atoms with E-state index in [4.69, 9.17) is 0 Å². The molecular weight excluding hydrogens is 460 g/mol. The number of rotatable bonds is 7. The first-order valence-electron chi connectivity index (χ1n) is 9.37. The second kappa shape index (κ2) is 8.43. The number of nitrogens with zero attached hydrogens (tertiary/aromatic N) is 5. The lowest BCUT2D eigenvalue weighted by atomic mass is 9.89. The van der Waals surface area contributed by atoms with Crippen molar-refractivity contribution in [3.05, 3.63) is 35.4 Å². The molecule has 0 aliphatic carbocycles. The van der Waals surface area contributed by atoms with Crippen molar-refractivity contribution in [3.63, 3.8) is 0 Å². The van der Waals surface area contributed by atoms with Crippen molar-refractivity contribution in [3.8, 4) is 0 Å². The number of hydrogen-bond donors (Lipinski definition) is 3. The zero-order valence-corrected chi connectivity index (χ0v) is 18.3. The molecule has 2 aliphatic heterocycles. The molecule has 0 bridgehead atoms. The van der Waals surface area contributed by atoms with Gasteiger partial charge in [-0.2, -0.15) is 0 Å². The highest BCUT2D eigenvalue weighted by molar-refractivity contribution is 8.00. The molecule has 14 heteroatoms. The molecule has 2 fully saturated rings. The summed E-state index contributed by atoms with van der Waals surface area (Å²) >= 11 is 2.47. The number of fused-ring (bicyclic) bond motifs is 1. The van der Waals surface area contributed by atoms with Gasteiger partial charge in [-0.1, -0.05) is 23.9 Å². The lowest BCUT2D eigenvalue weighted by molar-refractivity contribution is -0.156. The van der Waals surface area contributed by atoms with E-state index in [1.165, 1.54) is 57.4 Å². The van der Waals surface area contributed by atoms with Gasteiger partial charge in [0.15, 0.2) is 0 Å². The van der Waals surface area contributed by atoms with E-state index in [0.717, 1.165) is 0 Å². The summed E-state index contributed by atoms with van der Waals surface area (Å²) in [6, 6.07) is 4.89. The van der Waals surface area contributed by atoms with Crippen LogP contribution in [0.5, 0.6) is 0 Å². The summed E-state index contributed by atoms with van der Waals surface area (Å²) in [6.45, 7) is -0.00477. The van der Waals surface area contributed by atoms with Gasteiger partial charge in [0.05, 0.1) is 11.1 Å². The maximum Gasteiger partial charge on any atom is 0.336 e. The molecule has 3 heterocycles. The van der Waals surface area contributed by atoms with Crippen molar-refractivity contribution in [2.24, 2.45) is 12.5 Å². The number of nitrogens with one attached hydrogen (secondary N) is 1. The van der Waals surface area contributed by atoms with Crippen LogP contribution in [0.25, 0.3) is 0 Å². The van der Waals surface area contributed by atoms with Gasteiger partial charge in [-0.25, -0.2) is 9.48 Å². The van der Waals surface area contributed by atoms with Crippen LogP contribution in [-0.2, 0) is 16.6 Å². The van der Waals surface area contributed by atoms with Crippen LogP contribution in [-0.4, -0.2) is 88.5 Å². The lowest BCUT2D eigenvalue weighted by Crippen LogP contribution is -2.74. The SMILES string of the molecule is Cn1nnnc1SCC1(C(=O)O)CS[C@@H]2C(NC(=O)c3ccccc3C(=O)O)C(=O)N2C1. The number of thioether (sulfide) groups is 2. The monoisotopic (exact) mass is 478 g/mol. The maximum absolute atomic E-state index is 12.7. The van der Waals surface area contributed by atoms with E-state index in [0.29, 0.717) is 5.16 Å². The summed E-state index contributed by atoms with van der Waals surface area (Å²) in [6.07, 6.45) is 0. The van der Waals surface area contributed by atoms with E-state index < -0.39 is 40.6 Å². The number of aromatic nitrogens is 4. The fraction of sp³-hybridized carbons (Fsp3) is 0.389. The highest BCUT2D eigenvalue weighted by Gasteiger charge is 2.57. The number of aryl methyl sites for hydroxylation is 1. The van der Waals surface area contributed by atoms with Crippen molar-refractivity contribution >= 4 is 47.3 Å². The van der Waals surface area contributed by atoms with Gasteiger partial charge in [-0.15, -0.1) is 16.9 Å². The fourth-order valence-electron chi connectivity index (χ4n) is 3.54. The zero-order valence-electron chi connectivity index (χ0n) is 16.7. The highest BCUT2D eigenvalue weighted by Crippen LogP contribution is 2.44. The molecule has 2 saturated heterocycles. The molecular formula is C18H18N6O6S2. The Kier molecular flexibility index (Phi) is 5.81. The van der Waals surface area contributed by atoms with E-state index in [9.17, 15) is 29.4 Å². The Bertz CT molecular complexity index is 1110. The topological polar surface area (TPSA) is 168 Å². The minimum absolute atomic E-state index is 0.00477. The van der Waals surface area contributed by atoms with E-state index in [1.807, 2.05) is 0 Å². The number of carboxylic acid groups (broad SMARTS) is 2. The molecule has 2 aliphatic rings. The molecule has 2 amide bonds. The van der Waals surface area contributed by atoms with Gasteiger partial charge in [0.1, 0.15) is 16.8 Å². The quantitative estimate of drug-likeness (QED) is 0.355. The van der Waals surface area contributed by atoms with Gasteiger partial charge in [0.25, 0.3) is 5.91 Å². The second-order valence-corrected chi connectivity index (χ2v) is 9.48. The summed E-state index contributed by atoms with van der Waals surface area (Å²) in [4.78, 5) is 50.2. The largest absolute Gasteiger partial charge is 0.481 e. The zero-order chi connectivity index (χ0) is 23.0. The van der Waals surface area contributed by atoms with Crippen molar-refractivity contribution in [2.45, 2.75) is 16.6 Å². The average molecular weight is 479 g/mol. The molecule has 168 valence electrons. The summed E-state index contributed by atoms with van der Waals surface area (Å²) in [7, 11) is 1.65. The Labute approximate surface area is 189 Å². The maximum atomic E-state index is 12.7. The third kappa shape index (κ3) is 3.79.